The largest absolute Gasteiger partial charge is 0.465 e. The number of halogens is 1. The van der Waals surface area contributed by atoms with E-state index in [9.17, 15) is 4.79 Å². The fourth-order valence-electron chi connectivity index (χ4n) is 1.61. The van der Waals surface area contributed by atoms with Crippen LogP contribution in [0.4, 0.5) is 0 Å². The van der Waals surface area contributed by atoms with E-state index in [4.69, 9.17) is 4.74 Å². The molecule has 1 aromatic heterocycles. The molecule has 0 aliphatic carbocycles. The molecule has 0 radical (unpaired) electrons. The normalized spacial score (nSPS) is 10.6. The maximum Gasteiger partial charge on any atom is 0.338 e. The van der Waals surface area contributed by atoms with Gasteiger partial charge in [0.05, 0.1) is 18.2 Å². The molecule has 2 rings (SSSR count). The smallest absolute Gasteiger partial charge is 0.338 e. The van der Waals surface area contributed by atoms with E-state index in [0.29, 0.717) is 5.56 Å². The first-order valence-electron chi connectivity index (χ1n) is 4.49. The number of carbonyl (C=O) groups excluding carboxylic acids is 1. The Labute approximate surface area is 95.6 Å². The van der Waals surface area contributed by atoms with Crippen LogP contribution in [-0.2, 0) is 4.74 Å². The van der Waals surface area contributed by atoms with Gasteiger partial charge >= 0.3 is 5.97 Å². The molecule has 0 saturated carbocycles. The maximum atomic E-state index is 11.5. The predicted octanol–water partition coefficient (Wildman–Crippen LogP) is 3.03. The molecule has 0 saturated heterocycles. The van der Waals surface area contributed by atoms with Gasteiger partial charge in [-0.2, -0.15) is 0 Å². The highest BCUT2D eigenvalue weighted by molar-refractivity contribution is 9.10. The van der Waals surface area contributed by atoms with E-state index in [2.05, 4.69) is 20.9 Å². The average Bonchev–Trinajstić information content (AvgIpc) is 2.60. The molecule has 0 spiro atoms. The van der Waals surface area contributed by atoms with Gasteiger partial charge in [0, 0.05) is 15.6 Å². The molecule has 0 bridgehead atoms. The highest BCUT2D eigenvalue weighted by Gasteiger charge is 2.13. The van der Waals surface area contributed by atoms with Crippen LogP contribution in [0.3, 0.4) is 0 Å². The Bertz CT molecular complexity index is 531. The lowest BCUT2D eigenvalue weighted by molar-refractivity contribution is 0.0603. The van der Waals surface area contributed by atoms with Gasteiger partial charge in [-0.1, -0.05) is 0 Å². The van der Waals surface area contributed by atoms with Crippen molar-refractivity contribution in [2.24, 2.45) is 0 Å². The number of rotatable bonds is 1. The zero-order chi connectivity index (χ0) is 11.0. The van der Waals surface area contributed by atoms with Crippen molar-refractivity contribution < 1.29 is 9.53 Å². The van der Waals surface area contributed by atoms with Gasteiger partial charge in [-0.3, -0.25) is 0 Å². The minimum Gasteiger partial charge on any atom is -0.465 e. The van der Waals surface area contributed by atoms with Gasteiger partial charge in [-0.05, 0) is 41.1 Å². The summed E-state index contributed by atoms with van der Waals surface area (Å²) in [7, 11) is 1.38. The standard InChI is InChI=1S/C11H10BrNO2/c1-6-5-8-7(11(14)15-2)3-4-9(12)10(8)13-6/h3-5,13H,1-2H3. The molecule has 0 atom stereocenters. The molecule has 4 heteroatoms. The van der Waals surface area contributed by atoms with E-state index in [1.54, 1.807) is 6.07 Å². The van der Waals surface area contributed by atoms with Crippen LogP contribution in [0.5, 0.6) is 0 Å². The summed E-state index contributed by atoms with van der Waals surface area (Å²) in [6.07, 6.45) is 0. The number of hydrogen-bond donors (Lipinski definition) is 1. The topological polar surface area (TPSA) is 42.1 Å². The predicted molar refractivity (Wildman–Crippen MR) is 62.1 cm³/mol. The molecule has 2 aromatic rings. The second kappa shape index (κ2) is 3.70. The van der Waals surface area contributed by atoms with Crippen molar-refractivity contribution in [3.63, 3.8) is 0 Å². The van der Waals surface area contributed by atoms with Gasteiger partial charge in [0.25, 0.3) is 0 Å². The number of benzene rings is 1. The quantitative estimate of drug-likeness (QED) is 0.808. The van der Waals surface area contributed by atoms with Crippen molar-refractivity contribution >= 4 is 32.8 Å². The Kier molecular flexibility index (Phi) is 2.52. The van der Waals surface area contributed by atoms with Crippen molar-refractivity contribution in [3.05, 3.63) is 33.9 Å². The SMILES string of the molecule is COC(=O)c1ccc(Br)c2[nH]c(C)cc12. The molecule has 0 amide bonds. The summed E-state index contributed by atoms with van der Waals surface area (Å²) in [6, 6.07) is 5.53. The minimum atomic E-state index is -0.313. The minimum absolute atomic E-state index is 0.313. The van der Waals surface area contributed by atoms with Gasteiger partial charge < -0.3 is 9.72 Å². The molecule has 15 heavy (non-hydrogen) atoms. The number of methoxy groups -OCH3 is 1. The third-order valence-corrected chi connectivity index (χ3v) is 2.94. The van der Waals surface area contributed by atoms with Crippen LogP contribution in [-0.4, -0.2) is 18.1 Å². The van der Waals surface area contributed by atoms with Crippen LogP contribution >= 0.6 is 15.9 Å². The maximum absolute atomic E-state index is 11.5. The van der Waals surface area contributed by atoms with Crippen molar-refractivity contribution in [1.29, 1.82) is 0 Å². The lowest BCUT2D eigenvalue weighted by Crippen LogP contribution is -2.01. The van der Waals surface area contributed by atoms with Crippen LogP contribution in [0.25, 0.3) is 10.9 Å². The third-order valence-electron chi connectivity index (χ3n) is 2.28. The summed E-state index contributed by atoms with van der Waals surface area (Å²) in [4.78, 5) is 14.7. The van der Waals surface area contributed by atoms with E-state index in [0.717, 1.165) is 21.1 Å². The number of aromatic nitrogens is 1. The summed E-state index contributed by atoms with van der Waals surface area (Å²) >= 11 is 3.43. The van der Waals surface area contributed by atoms with E-state index in [-0.39, 0.29) is 5.97 Å². The molecule has 1 heterocycles. The van der Waals surface area contributed by atoms with E-state index >= 15 is 0 Å². The number of nitrogens with one attached hydrogen (secondary N) is 1. The van der Waals surface area contributed by atoms with Crippen molar-refractivity contribution in [2.45, 2.75) is 6.92 Å². The molecule has 1 aromatic carbocycles. The van der Waals surface area contributed by atoms with Crippen LogP contribution in [0.15, 0.2) is 22.7 Å². The number of aromatic amines is 1. The first-order chi connectivity index (χ1) is 7.13. The van der Waals surface area contributed by atoms with Crippen LogP contribution in [0, 0.1) is 6.92 Å². The lowest BCUT2D eigenvalue weighted by atomic mass is 10.1. The first-order valence-corrected chi connectivity index (χ1v) is 5.29. The van der Waals surface area contributed by atoms with Gasteiger partial charge in [0.2, 0.25) is 0 Å². The molecule has 3 nitrogen and oxygen atoms in total. The van der Waals surface area contributed by atoms with Gasteiger partial charge in [0.1, 0.15) is 0 Å². The summed E-state index contributed by atoms with van der Waals surface area (Å²) in [5.41, 5.74) is 2.53. The summed E-state index contributed by atoms with van der Waals surface area (Å²) in [5, 5.41) is 0.883. The second-order valence-corrected chi connectivity index (χ2v) is 4.18. The molecular weight excluding hydrogens is 258 g/mol. The molecule has 0 fully saturated rings. The summed E-state index contributed by atoms with van der Waals surface area (Å²) < 4.78 is 5.67. The number of aryl methyl sites for hydroxylation is 1. The highest BCUT2D eigenvalue weighted by Crippen LogP contribution is 2.27. The Hall–Kier alpha value is -1.29. The molecule has 0 unspecified atom stereocenters. The Morgan fingerprint density at radius 3 is 2.87 bits per heavy atom. The molecule has 0 aliphatic rings. The molecule has 0 aliphatic heterocycles. The Morgan fingerprint density at radius 2 is 2.20 bits per heavy atom. The van der Waals surface area contributed by atoms with Crippen molar-refractivity contribution in [3.8, 4) is 0 Å². The Morgan fingerprint density at radius 1 is 1.47 bits per heavy atom. The number of esters is 1. The third kappa shape index (κ3) is 1.65. The molecule has 1 N–H and O–H groups in total. The molecular formula is C11H10BrNO2. The fraction of sp³-hybridized carbons (Fsp3) is 0.182. The lowest BCUT2D eigenvalue weighted by Gasteiger charge is -2.01. The van der Waals surface area contributed by atoms with E-state index in [1.165, 1.54) is 7.11 Å². The van der Waals surface area contributed by atoms with E-state index < -0.39 is 0 Å². The second-order valence-electron chi connectivity index (χ2n) is 3.33. The average molecular weight is 268 g/mol. The van der Waals surface area contributed by atoms with Crippen molar-refractivity contribution in [2.75, 3.05) is 7.11 Å². The van der Waals surface area contributed by atoms with Crippen molar-refractivity contribution in [1.82, 2.24) is 4.98 Å². The van der Waals surface area contributed by atoms with Gasteiger partial charge in [-0.15, -0.1) is 0 Å². The Balaban J connectivity index is 2.76. The van der Waals surface area contributed by atoms with Crippen LogP contribution < -0.4 is 0 Å². The highest BCUT2D eigenvalue weighted by atomic mass is 79.9. The van der Waals surface area contributed by atoms with Gasteiger partial charge in [-0.25, -0.2) is 4.79 Å². The zero-order valence-electron chi connectivity index (χ0n) is 8.43. The fourth-order valence-corrected chi connectivity index (χ4v) is 2.05. The van der Waals surface area contributed by atoms with Crippen LogP contribution in [0.1, 0.15) is 16.1 Å². The number of fused-ring (bicyclic) bond motifs is 1. The van der Waals surface area contributed by atoms with Gasteiger partial charge in [0.15, 0.2) is 0 Å². The summed E-state index contributed by atoms with van der Waals surface area (Å²) in [6.45, 7) is 1.95. The molecule has 78 valence electrons. The number of H-pyrrole nitrogens is 1. The number of carbonyl (C=O) groups is 1. The zero-order valence-corrected chi connectivity index (χ0v) is 10.0. The first kappa shape index (κ1) is 10.2. The monoisotopic (exact) mass is 267 g/mol. The number of hydrogen-bond acceptors (Lipinski definition) is 2. The summed E-state index contributed by atoms with van der Waals surface area (Å²) in [5.74, 6) is -0.313. The van der Waals surface area contributed by atoms with E-state index in [1.807, 2.05) is 19.1 Å². The number of ether oxygens (including phenoxy) is 1. The van der Waals surface area contributed by atoms with Crippen LogP contribution in [0.2, 0.25) is 0 Å².